The van der Waals surface area contributed by atoms with Gasteiger partial charge in [-0.1, -0.05) is 0 Å². The van der Waals surface area contributed by atoms with Crippen molar-refractivity contribution in [2.24, 2.45) is 0 Å². The Morgan fingerprint density at radius 1 is 1.14 bits per heavy atom. The maximum atomic E-state index is 14.0. The molecule has 22 heavy (non-hydrogen) atoms. The van der Waals surface area contributed by atoms with Gasteiger partial charge in [0.05, 0.1) is 0 Å². The van der Waals surface area contributed by atoms with Crippen molar-refractivity contribution in [3.63, 3.8) is 0 Å². The van der Waals surface area contributed by atoms with Gasteiger partial charge in [-0.25, -0.2) is 22.0 Å². The van der Waals surface area contributed by atoms with Crippen molar-refractivity contribution in [3.8, 4) is 0 Å². The van der Waals surface area contributed by atoms with Crippen LogP contribution >= 0.6 is 12.4 Å². The Balaban J connectivity index is 0.00000242. The monoisotopic (exact) mass is 346 g/mol. The third kappa shape index (κ3) is 3.68. The van der Waals surface area contributed by atoms with Crippen LogP contribution in [0.4, 0.5) is 22.0 Å². The molecule has 2 N–H and O–H groups in total. The van der Waals surface area contributed by atoms with Crippen LogP contribution in [0.15, 0.2) is 12.1 Å². The van der Waals surface area contributed by atoms with Crippen LogP contribution in [-0.4, -0.2) is 48.7 Å². The Labute approximate surface area is 130 Å². The second-order valence-electron chi connectivity index (χ2n) is 4.86. The van der Waals surface area contributed by atoms with Crippen LogP contribution in [0.2, 0.25) is 0 Å². The summed E-state index contributed by atoms with van der Waals surface area (Å²) in [7, 11) is 0. The van der Waals surface area contributed by atoms with Crippen LogP contribution in [0.1, 0.15) is 11.6 Å². The molecule has 0 amide bonds. The molecule has 1 heterocycles. The molecule has 1 saturated heterocycles. The van der Waals surface area contributed by atoms with Crippen molar-refractivity contribution in [1.29, 1.82) is 0 Å². The lowest BCUT2D eigenvalue weighted by molar-refractivity contribution is -0.120. The fraction of sp³-hybridized carbons (Fsp3) is 0.538. The molecule has 1 aliphatic rings. The van der Waals surface area contributed by atoms with E-state index in [0.29, 0.717) is 25.2 Å². The average molecular weight is 347 g/mol. The van der Waals surface area contributed by atoms with Gasteiger partial charge in [-0.05, 0) is 12.1 Å². The molecule has 0 aromatic heterocycles. The Morgan fingerprint density at radius 2 is 1.68 bits per heavy atom. The molecular weight excluding hydrogens is 331 g/mol. The first-order valence-corrected chi connectivity index (χ1v) is 6.45. The van der Waals surface area contributed by atoms with Crippen LogP contribution in [0.25, 0.3) is 0 Å². The zero-order valence-corrected chi connectivity index (χ0v) is 12.3. The Hall–Kier alpha value is -0.960. The number of piperazine rings is 1. The second-order valence-corrected chi connectivity index (χ2v) is 4.86. The summed E-state index contributed by atoms with van der Waals surface area (Å²) in [6.07, 6.45) is 0. The lowest BCUT2D eigenvalue weighted by Gasteiger charge is -2.38. The van der Waals surface area contributed by atoms with E-state index in [1.807, 2.05) is 0 Å². The summed E-state index contributed by atoms with van der Waals surface area (Å²) in [5.41, 5.74) is -1.05. The Kier molecular flexibility index (Phi) is 6.54. The number of hydrogen-bond donors (Lipinski definition) is 2. The number of rotatable bonds is 4. The largest absolute Gasteiger partial charge is 0.390 e. The fourth-order valence-corrected chi connectivity index (χ4v) is 2.48. The van der Waals surface area contributed by atoms with Crippen molar-refractivity contribution in [2.45, 2.75) is 12.0 Å². The molecule has 9 heteroatoms. The molecule has 1 aromatic carbocycles. The lowest BCUT2D eigenvalue weighted by Crippen LogP contribution is -2.51. The van der Waals surface area contributed by atoms with Gasteiger partial charge in [-0.15, -0.1) is 12.4 Å². The standard InChI is InChI=1S/C13H15F5N2O.ClH/c14-8-1-2-9(15)11(16)10(8)12(13(17,18)7-21)20-5-3-19-4-6-20;/h1-2,12,19,21H,3-7H2;1H/t12-;/m1./s1. The van der Waals surface area contributed by atoms with Crippen LogP contribution in [-0.2, 0) is 0 Å². The highest BCUT2D eigenvalue weighted by Gasteiger charge is 2.47. The first kappa shape index (κ1) is 19.1. The van der Waals surface area contributed by atoms with E-state index in [-0.39, 0.29) is 25.5 Å². The molecule has 2 rings (SSSR count). The predicted octanol–water partition coefficient (Wildman–Crippen LogP) is 2.10. The number of halogens is 6. The highest BCUT2D eigenvalue weighted by molar-refractivity contribution is 5.85. The molecule has 1 fully saturated rings. The molecule has 0 spiro atoms. The van der Waals surface area contributed by atoms with Gasteiger partial charge in [-0.3, -0.25) is 4.90 Å². The zero-order valence-electron chi connectivity index (χ0n) is 11.5. The first-order chi connectivity index (χ1) is 9.88. The highest BCUT2D eigenvalue weighted by Crippen LogP contribution is 2.39. The SMILES string of the molecule is Cl.OCC(F)(F)[C@@H](c1c(F)ccc(F)c1F)N1CCNCC1. The lowest BCUT2D eigenvalue weighted by atomic mass is 9.97. The van der Waals surface area contributed by atoms with Gasteiger partial charge in [0.2, 0.25) is 0 Å². The van der Waals surface area contributed by atoms with Crippen LogP contribution in [0.3, 0.4) is 0 Å². The molecule has 1 aromatic rings. The van der Waals surface area contributed by atoms with Gasteiger partial charge in [0.25, 0.3) is 5.92 Å². The molecule has 0 aliphatic carbocycles. The van der Waals surface area contributed by atoms with Crippen LogP contribution in [0.5, 0.6) is 0 Å². The van der Waals surface area contributed by atoms with Gasteiger partial charge in [-0.2, -0.15) is 0 Å². The molecule has 1 atom stereocenters. The minimum absolute atomic E-state index is 0. The summed E-state index contributed by atoms with van der Waals surface area (Å²) in [6.45, 7) is -0.657. The summed E-state index contributed by atoms with van der Waals surface area (Å²) in [5, 5.41) is 11.8. The Morgan fingerprint density at radius 3 is 2.23 bits per heavy atom. The van der Waals surface area contributed by atoms with Crippen molar-refractivity contribution in [2.75, 3.05) is 32.8 Å². The molecule has 0 saturated carbocycles. The number of alkyl halides is 2. The van der Waals surface area contributed by atoms with E-state index >= 15 is 0 Å². The molecule has 0 bridgehead atoms. The van der Waals surface area contributed by atoms with E-state index in [1.54, 1.807) is 0 Å². The number of hydrogen-bond acceptors (Lipinski definition) is 3. The minimum atomic E-state index is -3.80. The molecule has 1 aliphatic heterocycles. The number of nitrogens with one attached hydrogen (secondary N) is 1. The average Bonchev–Trinajstić information content (AvgIpc) is 2.48. The smallest absolute Gasteiger partial charge is 0.290 e. The van der Waals surface area contributed by atoms with E-state index in [1.165, 1.54) is 0 Å². The van der Waals surface area contributed by atoms with E-state index in [0.717, 1.165) is 4.90 Å². The summed E-state index contributed by atoms with van der Waals surface area (Å²) >= 11 is 0. The fourth-order valence-electron chi connectivity index (χ4n) is 2.48. The molecule has 126 valence electrons. The zero-order chi connectivity index (χ0) is 15.6. The highest BCUT2D eigenvalue weighted by atomic mass is 35.5. The van der Waals surface area contributed by atoms with Crippen LogP contribution in [0, 0.1) is 17.5 Å². The normalized spacial score (nSPS) is 17.9. The molecule has 0 unspecified atom stereocenters. The second kappa shape index (κ2) is 7.54. The van der Waals surface area contributed by atoms with E-state index in [4.69, 9.17) is 5.11 Å². The number of aliphatic hydroxyl groups is 1. The Bertz CT molecular complexity index is 511. The van der Waals surface area contributed by atoms with Crippen LogP contribution < -0.4 is 5.32 Å². The summed E-state index contributed by atoms with van der Waals surface area (Å²) < 4.78 is 69.0. The van der Waals surface area contributed by atoms with Gasteiger partial charge in [0.15, 0.2) is 11.6 Å². The first-order valence-electron chi connectivity index (χ1n) is 6.45. The third-order valence-corrected chi connectivity index (χ3v) is 3.48. The number of nitrogens with zero attached hydrogens (tertiary/aromatic N) is 1. The maximum absolute atomic E-state index is 14.0. The number of aliphatic hydroxyl groups excluding tert-OH is 1. The summed E-state index contributed by atoms with van der Waals surface area (Å²) in [5.74, 6) is -8.11. The quantitative estimate of drug-likeness (QED) is 0.647. The molecular formula is C13H16ClF5N2O. The molecule has 0 radical (unpaired) electrons. The minimum Gasteiger partial charge on any atom is -0.390 e. The van der Waals surface area contributed by atoms with E-state index < -0.39 is 41.6 Å². The van der Waals surface area contributed by atoms with Gasteiger partial charge in [0.1, 0.15) is 18.5 Å². The predicted molar refractivity (Wildman–Crippen MR) is 72.8 cm³/mol. The van der Waals surface area contributed by atoms with Crippen molar-refractivity contribution >= 4 is 12.4 Å². The van der Waals surface area contributed by atoms with E-state index in [9.17, 15) is 22.0 Å². The molecule has 3 nitrogen and oxygen atoms in total. The summed E-state index contributed by atoms with van der Waals surface area (Å²) in [4.78, 5) is 1.15. The van der Waals surface area contributed by atoms with Gasteiger partial charge >= 0.3 is 0 Å². The van der Waals surface area contributed by atoms with Crippen molar-refractivity contribution < 1.29 is 27.1 Å². The number of benzene rings is 1. The van der Waals surface area contributed by atoms with Crippen molar-refractivity contribution in [1.82, 2.24) is 10.2 Å². The third-order valence-electron chi connectivity index (χ3n) is 3.48. The summed E-state index contributed by atoms with van der Waals surface area (Å²) in [6, 6.07) is -0.906. The van der Waals surface area contributed by atoms with E-state index in [2.05, 4.69) is 5.32 Å². The topological polar surface area (TPSA) is 35.5 Å². The maximum Gasteiger partial charge on any atom is 0.290 e. The van der Waals surface area contributed by atoms with Crippen molar-refractivity contribution in [3.05, 3.63) is 35.1 Å². The van der Waals surface area contributed by atoms with Gasteiger partial charge < -0.3 is 10.4 Å². The van der Waals surface area contributed by atoms with Gasteiger partial charge in [0, 0.05) is 31.7 Å².